The highest BCUT2D eigenvalue weighted by Crippen LogP contribution is 2.30. The van der Waals surface area contributed by atoms with Crippen LogP contribution in [0.4, 0.5) is 5.69 Å². The molecule has 0 radical (unpaired) electrons. The van der Waals surface area contributed by atoms with Gasteiger partial charge in [-0.15, -0.1) is 11.3 Å². The summed E-state index contributed by atoms with van der Waals surface area (Å²) in [5, 5.41) is 2.08. The fraction of sp³-hybridized carbons (Fsp3) is 0.174. The number of carbonyl (C=O) groups excluding carboxylic acids is 1. The fourth-order valence-corrected chi connectivity index (χ4v) is 4.27. The van der Waals surface area contributed by atoms with Crippen LogP contribution in [-0.2, 0) is 6.54 Å². The van der Waals surface area contributed by atoms with Crippen LogP contribution < -0.4 is 4.90 Å². The highest BCUT2D eigenvalue weighted by Gasteiger charge is 2.24. The molecule has 0 atom stereocenters. The highest BCUT2D eigenvalue weighted by atomic mass is 32.1. The maximum atomic E-state index is 13.7. The SMILES string of the molecule is CC(C)n1c(C(=O)N(Cc2ccccc2)c2ccccc2)cc2sccc21. The van der Waals surface area contributed by atoms with Crippen molar-refractivity contribution in [1.82, 2.24) is 4.57 Å². The summed E-state index contributed by atoms with van der Waals surface area (Å²) in [6.07, 6.45) is 0. The minimum Gasteiger partial charge on any atom is -0.333 e. The molecule has 4 aromatic rings. The van der Waals surface area contributed by atoms with E-state index in [-0.39, 0.29) is 11.9 Å². The predicted octanol–water partition coefficient (Wildman–Crippen LogP) is 6.13. The van der Waals surface area contributed by atoms with Crippen LogP contribution >= 0.6 is 11.3 Å². The zero-order chi connectivity index (χ0) is 18.8. The third kappa shape index (κ3) is 3.40. The summed E-state index contributed by atoms with van der Waals surface area (Å²) in [6, 6.07) is 24.4. The van der Waals surface area contributed by atoms with E-state index in [1.165, 1.54) is 0 Å². The normalized spacial score (nSPS) is 11.2. The molecule has 0 bridgehead atoms. The summed E-state index contributed by atoms with van der Waals surface area (Å²) in [5.41, 5.74) is 3.89. The molecular weight excluding hydrogens is 352 g/mol. The summed E-state index contributed by atoms with van der Waals surface area (Å²) < 4.78 is 3.30. The molecular formula is C23H22N2OS. The zero-order valence-corrected chi connectivity index (χ0v) is 16.3. The van der Waals surface area contributed by atoms with Crippen LogP contribution in [-0.4, -0.2) is 10.5 Å². The third-order valence-corrected chi connectivity index (χ3v) is 5.55. The van der Waals surface area contributed by atoms with Gasteiger partial charge in [-0.2, -0.15) is 0 Å². The molecule has 0 aliphatic carbocycles. The molecule has 0 N–H and O–H groups in total. The topological polar surface area (TPSA) is 25.2 Å². The molecule has 0 unspecified atom stereocenters. The molecule has 0 aliphatic heterocycles. The summed E-state index contributed by atoms with van der Waals surface area (Å²) in [7, 11) is 0. The molecule has 0 saturated heterocycles. The lowest BCUT2D eigenvalue weighted by molar-refractivity contribution is 0.0975. The lowest BCUT2D eigenvalue weighted by Gasteiger charge is -2.25. The van der Waals surface area contributed by atoms with Crippen LogP contribution in [0, 0.1) is 0 Å². The zero-order valence-electron chi connectivity index (χ0n) is 15.5. The number of carbonyl (C=O) groups is 1. The lowest BCUT2D eigenvalue weighted by Crippen LogP contribution is -2.32. The second-order valence-electron chi connectivity index (χ2n) is 6.88. The molecule has 136 valence electrons. The van der Waals surface area contributed by atoms with E-state index in [2.05, 4.69) is 42.0 Å². The van der Waals surface area contributed by atoms with Gasteiger partial charge in [-0.25, -0.2) is 0 Å². The fourth-order valence-electron chi connectivity index (χ4n) is 3.46. The Hall–Kier alpha value is -2.85. The molecule has 1 amide bonds. The number of benzene rings is 2. The summed E-state index contributed by atoms with van der Waals surface area (Å²) in [5.74, 6) is 0.0298. The van der Waals surface area contributed by atoms with Crippen LogP contribution in [0.25, 0.3) is 10.2 Å². The smallest absolute Gasteiger partial charge is 0.275 e. The molecule has 0 aliphatic rings. The van der Waals surface area contributed by atoms with Gasteiger partial charge in [-0.3, -0.25) is 4.79 Å². The average Bonchev–Trinajstić information content (AvgIpc) is 3.28. The van der Waals surface area contributed by atoms with E-state index in [9.17, 15) is 4.79 Å². The van der Waals surface area contributed by atoms with Crippen LogP contribution in [0.5, 0.6) is 0 Å². The van der Waals surface area contributed by atoms with E-state index < -0.39 is 0 Å². The molecule has 2 aromatic heterocycles. The number of fused-ring (bicyclic) bond motifs is 1. The van der Waals surface area contributed by atoms with Gasteiger partial charge in [-0.05, 0) is 49.1 Å². The maximum Gasteiger partial charge on any atom is 0.275 e. The van der Waals surface area contributed by atoms with Crippen LogP contribution in [0.3, 0.4) is 0 Å². The van der Waals surface area contributed by atoms with Crippen molar-refractivity contribution >= 4 is 33.1 Å². The Labute approximate surface area is 163 Å². The maximum absolute atomic E-state index is 13.7. The minimum absolute atomic E-state index is 0.0298. The van der Waals surface area contributed by atoms with Crippen LogP contribution in [0.2, 0.25) is 0 Å². The van der Waals surface area contributed by atoms with Gasteiger partial charge in [0, 0.05) is 11.7 Å². The Morgan fingerprint density at radius 1 is 1.00 bits per heavy atom. The second-order valence-corrected chi connectivity index (χ2v) is 7.82. The first-order valence-electron chi connectivity index (χ1n) is 9.14. The first kappa shape index (κ1) is 17.6. The lowest BCUT2D eigenvalue weighted by atomic mass is 10.1. The van der Waals surface area contributed by atoms with Crippen molar-refractivity contribution in [1.29, 1.82) is 0 Å². The molecule has 0 spiro atoms. The molecule has 4 heteroatoms. The standard InChI is InChI=1S/C23H22N2OS/c1-17(2)25-20-13-14-27-22(20)15-21(25)23(26)24(19-11-7-4-8-12-19)16-18-9-5-3-6-10-18/h3-15,17H,16H2,1-2H3. The Kier molecular flexibility index (Phi) is 4.82. The minimum atomic E-state index is 0.0298. The van der Waals surface area contributed by atoms with Crippen molar-refractivity contribution in [3.63, 3.8) is 0 Å². The molecule has 2 aromatic carbocycles. The van der Waals surface area contributed by atoms with Gasteiger partial charge in [0.1, 0.15) is 5.69 Å². The number of amides is 1. The first-order chi connectivity index (χ1) is 13.1. The van der Waals surface area contributed by atoms with E-state index in [4.69, 9.17) is 0 Å². The number of rotatable bonds is 5. The summed E-state index contributed by atoms with van der Waals surface area (Å²) in [6.45, 7) is 4.79. The molecule has 0 fully saturated rings. The molecule has 2 heterocycles. The largest absolute Gasteiger partial charge is 0.333 e. The number of anilines is 1. The number of thiophene rings is 1. The van der Waals surface area contributed by atoms with Crippen molar-refractivity contribution in [2.45, 2.75) is 26.4 Å². The van der Waals surface area contributed by atoms with E-state index >= 15 is 0 Å². The number of nitrogens with zero attached hydrogens (tertiary/aromatic N) is 2. The van der Waals surface area contributed by atoms with E-state index in [0.29, 0.717) is 6.54 Å². The quantitative estimate of drug-likeness (QED) is 0.412. The van der Waals surface area contributed by atoms with E-state index in [0.717, 1.165) is 27.2 Å². The molecule has 3 nitrogen and oxygen atoms in total. The number of hydrogen-bond acceptors (Lipinski definition) is 2. The van der Waals surface area contributed by atoms with Crippen molar-refractivity contribution in [2.24, 2.45) is 0 Å². The van der Waals surface area contributed by atoms with E-state index in [1.807, 2.05) is 59.5 Å². The second kappa shape index (κ2) is 7.41. The van der Waals surface area contributed by atoms with Gasteiger partial charge in [0.15, 0.2) is 0 Å². The Morgan fingerprint density at radius 2 is 1.67 bits per heavy atom. The monoisotopic (exact) mass is 374 g/mol. The predicted molar refractivity (Wildman–Crippen MR) is 114 cm³/mol. The van der Waals surface area contributed by atoms with Gasteiger partial charge in [-0.1, -0.05) is 48.5 Å². The van der Waals surface area contributed by atoms with Gasteiger partial charge >= 0.3 is 0 Å². The van der Waals surface area contributed by atoms with Crippen molar-refractivity contribution in [2.75, 3.05) is 4.90 Å². The van der Waals surface area contributed by atoms with Gasteiger partial charge in [0.25, 0.3) is 5.91 Å². The molecule has 27 heavy (non-hydrogen) atoms. The van der Waals surface area contributed by atoms with Crippen LogP contribution in [0.15, 0.2) is 78.2 Å². The van der Waals surface area contributed by atoms with E-state index in [1.54, 1.807) is 11.3 Å². The number of hydrogen-bond donors (Lipinski definition) is 0. The van der Waals surface area contributed by atoms with Crippen molar-refractivity contribution in [3.05, 3.63) is 89.4 Å². The molecule has 4 rings (SSSR count). The number of aromatic nitrogens is 1. The number of para-hydroxylation sites is 1. The summed E-state index contributed by atoms with van der Waals surface area (Å²) >= 11 is 1.68. The Balaban J connectivity index is 1.79. The third-order valence-electron chi connectivity index (χ3n) is 4.69. The van der Waals surface area contributed by atoms with Crippen LogP contribution in [0.1, 0.15) is 35.9 Å². The first-order valence-corrected chi connectivity index (χ1v) is 10.0. The molecule has 0 saturated carbocycles. The summed E-state index contributed by atoms with van der Waals surface area (Å²) in [4.78, 5) is 15.5. The van der Waals surface area contributed by atoms with Gasteiger partial charge < -0.3 is 9.47 Å². The van der Waals surface area contributed by atoms with Gasteiger partial charge in [0.05, 0.1) is 16.8 Å². The van der Waals surface area contributed by atoms with Gasteiger partial charge in [0.2, 0.25) is 0 Å². The Morgan fingerprint density at radius 3 is 2.33 bits per heavy atom. The average molecular weight is 375 g/mol. The van der Waals surface area contributed by atoms with Crippen molar-refractivity contribution in [3.8, 4) is 0 Å². The Bertz CT molecular complexity index is 1050. The highest BCUT2D eigenvalue weighted by molar-refractivity contribution is 7.17. The van der Waals surface area contributed by atoms with Crippen molar-refractivity contribution < 1.29 is 4.79 Å².